The van der Waals surface area contributed by atoms with E-state index in [9.17, 15) is 4.79 Å². The van der Waals surface area contributed by atoms with Gasteiger partial charge < -0.3 is 14.2 Å². The predicted molar refractivity (Wildman–Crippen MR) is 119 cm³/mol. The van der Waals surface area contributed by atoms with Gasteiger partial charge in [-0.05, 0) is 72.0 Å². The lowest BCUT2D eigenvalue weighted by Crippen LogP contribution is -1.95. The van der Waals surface area contributed by atoms with Crippen molar-refractivity contribution in [3.63, 3.8) is 0 Å². The standard InChI is InChI=1S/C26H22O4/c1-17-14-20-8-13-23(29-3)15-24(20)26(30-22-9-4-18(16-27)5-10-22)25(17)19-6-11-21(28-2)12-7-19/h4-16H,1-3H3. The molecule has 0 N–H and O–H groups in total. The zero-order valence-corrected chi connectivity index (χ0v) is 17.1. The third-order valence-corrected chi connectivity index (χ3v) is 5.11. The van der Waals surface area contributed by atoms with Crippen LogP contribution in [0.1, 0.15) is 15.9 Å². The van der Waals surface area contributed by atoms with E-state index in [1.54, 1.807) is 38.5 Å². The van der Waals surface area contributed by atoms with Crippen molar-refractivity contribution in [1.82, 2.24) is 0 Å². The number of benzene rings is 4. The first kappa shape index (κ1) is 19.5. The van der Waals surface area contributed by atoms with Crippen molar-refractivity contribution in [3.05, 3.63) is 83.9 Å². The molecule has 150 valence electrons. The maximum atomic E-state index is 11.0. The molecule has 30 heavy (non-hydrogen) atoms. The van der Waals surface area contributed by atoms with Crippen LogP contribution in [0, 0.1) is 6.92 Å². The van der Waals surface area contributed by atoms with Gasteiger partial charge in [-0.2, -0.15) is 0 Å². The fourth-order valence-corrected chi connectivity index (χ4v) is 3.56. The second kappa shape index (κ2) is 8.29. The molecule has 0 atom stereocenters. The van der Waals surface area contributed by atoms with Crippen LogP contribution in [0.5, 0.6) is 23.0 Å². The van der Waals surface area contributed by atoms with E-state index in [0.29, 0.717) is 11.3 Å². The molecule has 0 spiro atoms. The minimum Gasteiger partial charge on any atom is -0.497 e. The molecular weight excluding hydrogens is 376 g/mol. The maximum absolute atomic E-state index is 11.0. The summed E-state index contributed by atoms with van der Waals surface area (Å²) < 4.78 is 17.2. The van der Waals surface area contributed by atoms with Crippen molar-refractivity contribution < 1.29 is 19.0 Å². The molecule has 0 radical (unpaired) electrons. The lowest BCUT2D eigenvalue weighted by molar-refractivity contribution is 0.112. The van der Waals surface area contributed by atoms with Crippen molar-refractivity contribution in [2.45, 2.75) is 6.92 Å². The topological polar surface area (TPSA) is 44.8 Å². The quantitative estimate of drug-likeness (QED) is 0.351. The minimum atomic E-state index is 0.605. The van der Waals surface area contributed by atoms with Crippen molar-refractivity contribution in [1.29, 1.82) is 0 Å². The summed E-state index contributed by atoms with van der Waals surface area (Å²) in [6.07, 6.45) is 0.819. The number of methoxy groups -OCH3 is 2. The second-order valence-electron chi connectivity index (χ2n) is 7.00. The molecule has 0 saturated heterocycles. The molecule has 0 aromatic heterocycles. The van der Waals surface area contributed by atoms with E-state index in [1.807, 2.05) is 42.5 Å². The third-order valence-electron chi connectivity index (χ3n) is 5.11. The largest absolute Gasteiger partial charge is 0.497 e. The summed E-state index contributed by atoms with van der Waals surface area (Å²) in [6.45, 7) is 2.07. The van der Waals surface area contributed by atoms with Crippen LogP contribution in [-0.2, 0) is 0 Å². The van der Waals surface area contributed by atoms with Crippen LogP contribution in [-0.4, -0.2) is 20.5 Å². The zero-order chi connectivity index (χ0) is 21.1. The Kier molecular flexibility index (Phi) is 5.40. The molecule has 0 heterocycles. The van der Waals surface area contributed by atoms with Gasteiger partial charge in [0.15, 0.2) is 0 Å². The summed E-state index contributed by atoms with van der Waals surface area (Å²) in [4.78, 5) is 11.0. The van der Waals surface area contributed by atoms with Crippen molar-refractivity contribution in [2.24, 2.45) is 0 Å². The molecule has 4 aromatic rings. The monoisotopic (exact) mass is 398 g/mol. The molecular formula is C26H22O4. The number of carbonyl (C=O) groups excluding carboxylic acids is 1. The van der Waals surface area contributed by atoms with Crippen LogP contribution in [0.3, 0.4) is 0 Å². The molecule has 4 rings (SSSR count). The first-order chi connectivity index (χ1) is 14.6. The Balaban J connectivity index is 1.94. The highest BCUT2D eigenvalue weighted by Gasteiger charge is 2.16. The van der Waals surface area contributed by atoms with Gasteiger partial charge in [-0.3, -0.25) is 4.79 Å². The highest BCUT2D eigenvalue weighted by molar-refractivity contribution is 5.98. The van der Waals surface area contributed by atoms with Crippen LogP contribution >= 0.6 is 0 Å². The normalized spacial score (nSPS) is 10.6. The van der Waals surface area contributed by atoms with Gasteiger partial charge in [-0.15, -0.1) is 0 Å². The Bertz CT molecular complexity index is 1190. The summed E-state index contributed by atoms with van der Waals surface area (Å²) in [7, 11) is 3.30. The van der Waals surface area contributed by atoms with Gasteiger partial charge in [0.05, 0.1) is 14.2 Å². The first-order valence-electron chi connectivity index (χ1n) is 9.62. The minimum absolute atomic E-state index is 0.605. The fourth-order valence-electron chi connectivity index (χ4n) is 3.56. The van der Waals surface area contributed by atoms with E-state index in [-0.39, 0.29) is 0 Å². The number of hydrogen-bond donors (Lipinski definition) is 0. The Hall–Kier alpha value is -3.79. The molecule has 0 aliphatic carbocycles. The Morgan fingerprint density at radius 1 is 0.733 bits per heavy atom. The molecule has 0 amide bonds. The van der Waals surface area contributed by atoms with E-state index in [1.165, 1.54) is 0 Å². The summed E-state index contributed by atoms with van der Waals surface area (Å²) in [6, 6.07) is 23.1. The van der Waals surface area contributed by atoms with Gasteiger partial charge in [-0.25, -0.2) is 0 Å². The average molecular weight is 398 g/mol. The first-order valence-corrected chi connectivity index (χ1v) is 9.62. The fraction of sp³-hybridized carbons (Fsp3) is 0.115. The lowest BCUT2D eigenvalue weighted by Gasteiger charge is -2.18. The molecule has 0 fully saturated rings. The van der Waals surface area contributed by atoms with Crippen LogP contribution < -0.4 is 14.2 Å². The second-order valence-corrected chi connectivity index (χ2v) is 7.00. The SMILES string of the molecule is COc1ccc(-c2c(C)cc3ccc(OC)cc3c2Oc2ccc(C=O)cc2)cc1. The van der Waals surface area contributed by atoms with Crippen LogP contribution in [0.2, 0.25) is 0 Å². The number of rotatable bonds is 6. The summed E-state index contributed by atoms with van der Waals surface area (Å²) >= 11 is 0. The Morgan fingerprint density at radius 3 is 2.00 bits per heavy atom. The molecule has 0 aliphatic heterocycles. The van der Waals surface area contributed by atoms with Crippen LogP contribution in [0.15, 0.2) is 72.8 Å². The zero-order valence-electron chi connectivity index (χ0n) is 17.1. The highest BCUT2D eigenvalue weighted by Crippen LogP contribution is 2.43. The average Bonchev–Trinajstić information content (AvgIpc) is 2.79. The molecule has 0 bridgehead atoms. The molecule has 0 saturated carbocycles. The Labute approximate surface area is 175 Å². The molecule has 4 aromatic carbocycles. The van der Waals surface area contributed by atoms with E-state index in [0.717, 1.165) is 51.0 Å². The van der Waals surface area contributed by atoms with Crippen LogP contribution in [0.4, 0.5) is 0 Å². The highest BCUT2D eigenvalue weighted by atomic mass is 16.5. The smallest absolute Gasteiger partial charge is 0.150 e. The van der Waals surface area contributed by atoms with E-state index in [4.69, 9.17) is 14.2 Å². The summed E-state index contributed by atoms with van der Waals surface area (Å²) in [5, 5.41) is 2.01. The predicted octanol–water partition coefficient (Wildman–Crippen LogP) is 6.44. The van der Waals surface area contributed by atoms with Gasteiger partial charge in [0, 0.05) is 16.5 Å². The number of aldehydes is 1. The van der Waals surface area contributed by atoms with Crippen molar-refractivity contribution in [3.8, 4) is 34.1 Å². The summed E-state index contributed by atoms with van der Waals surface area (Å²) in [5.74, 6) is 2.96. The number of hydrogen-bond acceptors (Lipinski definition) is 4. The number of carbonyl (C=O) groups is 1. The van der Waals surface area contributed by atoms with E-state index < -0.39 is 0 Å². The molecule has 4 nitrogen and oxygen atoms in total. The van der Waals surface area contributed by atoms with Crippen LogP contribution in [0.25, 0.3) is 21.9 Å². The number of fused-ring (bicyclic) bond motifs is 1. The Morgan fingerprint density at radius 2 is 1.37 bits per heavy atom. The third kappa shape index (κ3) is 3.72. The van der Waals surface area contributed by atoms with Gasteiger partial charge >= 0.3 is 0 Å². The van der Waals surface area contributed by atoms with Crippen molar-refractivity contribution in [2.75, 3.05) is 14.2 Å². The van der Waals surface area contributed by atoms with E-state index in [2.05, 4.69) is 13.0 Å². The lowest BCUT2D eigenvalue weighted by atomic mass is 9.94. The van der Waals surface area contributed by atoms with Gasteiger partial charge in [0.25, 0.3) is 0 Å². The summed E-state index contributed by atoms with van der Waals surface area (Å²) in [5.41, 5.74) is 3.72. The molecule has 4 heteroatoms. The molecule has 0 aliphatic rings. The number of aryl methyl sites for hydroxylation is 1. The van der Waals surface area contributed by atoms with E-state index >= 15 is 0 Å². The number of ether oxygens (including phenoxy) is 3. The van der Waals surface area contributed by atoms with Gasteiger partial charge in [-0.1, -0.05) is 24.3 Å². The van der Waals surface area contributed by atoms with Crippen molar-refractivity contribution >= 4 is 17.1 Å². The van der Waals surface area contributed by atoms with Gasteiger partial charge in [0.2, 0.25) is 0 Å². The molecule has 0 unspecified atom stereocenters. The van der Waals surface area contributed by atoms with Gasteiger partial charge in [0.1, 0.15) is 29.3 Å². The maximum Gasteiger partial charge on any atom is 0.150 e.